The van der Waals surface area contributed by atoms with E-state index in [2.05, 4.69) is 0 Å². The molecule has 57 heavy (non-hydrogen) atoms. The van der Waals surface area contributed by atoms with Gasteiger partial charge in [-0.2, -0.15) is 8.78 Å². The Kier molecular flexibility index (Phi) is 14.6. The monoisotopic (exact) mass is 830 g/mol. The Bertz CT molecular complexity index is 1900. The van der Waals surface area contributed by atoms with Crippen LogP contribution in [0.15, 0.2) is 48.5 Å². The van der Waals surface area contributed by atoms with E-state index in [1.165, 1.54) is 12.1 Å². The standard InChI is InChI=1S/C44H51F4O7PS/c1-27-23-33(24-28(2)43(27)54-37-9-7-35(39(45)41(37)47)31-11-17-50-18-12-31)52-15-5-21-56(49,57)22-6-16-53-34-25-29(3)44(30(4)26-34)55-38-10-8-36(40(46)42(38)48)32-13-19-51-20-14-32/h7-10,23-26,31-32H,5-6,11-22H2,1-4H3,(H,49,57). The van der Waals surface area contributed by atoms with Gasteiger partial charge in [0.2, 0.25) is 11.6 Å². The highest BCUT2D eigenvalue weighted by Gasteiger charge is 2.26. The Morgan fingerprint density at radius 1 is 0.596 bits per heavy atom. The second kappa shape index (κ2) is 19.4. The summed E-state index contributed by atoms with van der Waals surface area (Å²) in [6.07, 6.45) is 1.97. The quantitative estimate of drug-likeness (QED) is 0.0680. The first kappa shape index (κ1) is 42.9. The number of benzene rings is 4. The first-order chi connectivity index (χ1) is 27.3. The van der Waals surface area contributed by atoms with Crippen LogP contribution in [0.1, 0.15) is 83.7 Å². The van der Waals surface area contributed by atoms with E-state index in [9.17, 15) is 4.89 Å². The molecule has 4 aromatic rings. The molecule has 13 heteroatoms. The van der Waals surface area contributed by atoms with Gasteiger partial charge in [0.05, 0.1) is 19.5 Å². The van der Waals surface area contributed by atoms with Gasteiger partial charge in [0.15, 0.2) is 23.1 Å². The Morgan fingerprint density at radius 2 is 0.947 bits per heavy atom. The zero-order valence-electron chi connectivity index (χ0n) is 32.9. The van der Waals surface area contributed by atoms with Gasteiger partial charge in [-0.3, -0.25) is 0 Å². The molecule has 0 aliphatic carbocycles. The number of hydrogen-bond acceptors (Lipinski definition) is 7. The SMILES string of the molecule is Cc1cc(OCCCP(O)(=S)CCCOc2cc(C)c(Oc3ccc(C4CCOCC4)c(F)c3F)c(C)c2)cc(C)c1Oc1ccc(C2CCOCC2)c(F)c1F. The first-order valence-electron chi connectivity index (χ1n) is 19.6. The van der Waals surface area contributed by atoms with Crippen LogP contribution in [0.4, 0.5) is 17.6 Å². The van der Waals surface area contributed by atoms with Gasteiger partial charge < -0.3 is 33.3 Å². The van der Waals surface area contributed by atoms with E-state index < -0.39 is 29.5 Å². The van der Waals surface area contributed by atoms with Crippen LogP contribution in [0.5, 0.6) is 34.5 Å². The lowest BCUT2D eigenvalue weighted by atomic mass is 9.91. The van der Waals surface area contributed by atoms with Crippen LogP contribution in [-0.2, 0) is 21.3 Å². The van der Waals surface area contributed by atoms with Crippen molar-refractivity contribution in [1.29, 1.82) is 0 Å². The summed E-state index contributed by atoms with van der Waals surface area (Å²) in [5, 5.41) is 0. The molecule has 4 aromatic carbocycles. The molecule has 0 unspecified atom stereocenters. The maximum Gasteiger partial charge on any atom is 0.201 e. The van der Waals surface area contributed by atoms with Crippen molar-refractivity contribution in [2.24, 2.45) is 0 Å². The van der Waals surface area contributed by atoms with Crippen LogP contribution >= 0.6 is 6.26 Å². The molecular weight excluding hydrogens is 780 g/mol. The van der Waals surface area contributed by atoms with Crippen LogP contribution < -0.4 is 18.9 Å². The van der Waals surface area contributed by atoms with Gasteiger partial charge >= 0.3 is 0 Å². The van der Waals surface area contributed by atoms with Crippen LogP contribution in [0.25, 0.3) is 0 Å². The molecule has 0 amide bonds. The molecule has 7 nitrogen and oxygen atoms in total. The zero-order chi connectivity index (χ0) is 40.7. The summed E-state index contributed by atoms with van der Waals surface area (Å²) in [5.41, 5.74) is 3.53. The molecule has 2 aliphatic heterocycles. The molecule has 0 spiro atoms. The largest absolute Gasteiger partial charge is 0.494 e. The van der Waals surface area contributed by atoms with E-state index in [1.54, 1.807) is 36.4 Å². The third-order valence-corrected chi connectivity index (χ3v) is 13.7. The van der Waals surface area contributed by atoms with Gasteiger partial charge in [-0.25, -0.2) is 8.78 Å². The lowest BCUT2D eigenvalue weighted by molar-refractivity contribution is 0.0843. The second-order valence-corrected chi connectivity index (χ2v) is 19.6. The number of aryl methyl sites for hydroxylation is 4. The van der Waals surface area contributed by atoms with Crippen molar-refractivity contribution in [3.8, 4) is 34.5 Å². The van der Waals surface area contributed by atoms with Gasteiger partial charge in [0.1, 0.15) is 23.0 Å². The van der Waals surface area contributed by atoms with E-state index in [0.29, 0.717) is 147 Å². The van der Waals surface area contributed by atoms with E-state index in [0.717, 1.165) is 0 Å². The van der Waals surface area contributed by atoms with Gasteiger partial charge in [-0.05, 0) is 148 Å². The number of rotatable bonds is 16. The molecular formula is C44H51F4O7PS. The fourth-order valence-electron chi connectivity index (χ4n) is 7.54. The smallest absolute Gasteiger partial charge is 0.201 e. The second-order valence-electron chi connectivity index (χ2n) is 15.0. The number of halogens is 4. The third kappa shape index (κ3) is 10.9. The highest BCUT2D eigenvalue weighted by molar-refractivity contribution is 8.11. The van der Waals surface area contributed by atoms with E-state index in [1.807, 2.05) is 27.7 Å². The summed E-state index contributed by atoms with van der Waals surface area (Å²) in [4.78, 5) is 11.0. The Morgan fingerprint density at radius 3 is 1.30 bits per heavy atom. The maximum absolute atomic E-state index is 15.1. The molecule has 0 atom stereocenters. The van der Waals surface area contributed by atoms with Gasteiger partial charge in [0, 0.05) is 38.8 Å². The lowest BCUT2D eigenvalue weighted by Gasteiger charge is -2.23. The molecule has 1 N–H and O–H groups in total. The third-order valence-electron chi connectivity index (χ3n) is 10.6. The summed E-state index contributed by atoms with van der Waals surface area (Å²) in [6.45, 7) is 10.1. The van der Waals surface area contributed by atoms with Crippen LogP contribution in [0.3, 0.4) is 0 Å². The minimum atomic E-state index is -2.62. The molecule has 2 fully saturated rings. The van der Waals surface area contributed by atoms with Crippen LogP contribution in [0, 0.1) is 51.0 Å². The summed E-state index contributed by atoms with van der Waals surface area (Å²) in [5.74, 6) is -2.21. The number of ether oxygens (including phenoxy) is 6. The highest BCUT2D eigenvalue weighted by atomic mass is 32.4. The van der Waals surface area contributed by atoms with Crippen molar-refractivity contribution in [1.82, 2.24) is 0 Å². The van der Waals surface area contributed by atoms with Crippen molar-refractivity contribution in [2.45, 2.75) is 78.1 Å². The van der Waals surface area contributed by atoms with E-state index in [4.69, 9.17) is 40.2 Å². The molecule has 0 radical (unpaired) electrons. The molecule has 2 saturated heterocycles. The lowest BCUT2D eigenvalue weighted by Crippen LogP contribution is -2.15. The van der Waals surface area contributed by atoms with Gasteiger partial charge in [0.25, 0.3) is 0 Å². The van der Waals surface area contributed by atoms with Gasteiger partial charge in [-0.1, -0.05) is 23.9 Å². The topological polar surface area (TPSA) is 75.6 Å². The van der Waals surface area contributed by atoms with Crippen LogP contribution in [0.2, 0.25) is 0 Å². The Hall–Kier alpha value is -3.67. The molecule has 308 valence electrons. The van der Waals surface area contributed by atoms with E-state index in [-0.39, 0.29) is 23.3 Å². The summed E-state index contributed by atoms with van der Waals surface area (Å²) in [7, 11) is 0. The molecule has 0 bridgehead atoms. The molecule has 2 aliphatic rings. The molecule has 2 heterocycles. The Labute approximate surface area is 337 Å². The molecule has 6 rings (SSSR count). The molecule has 0 saturated carbocycles. The summed E-state index contributed by atoms with van der Waals surface area (Å²) in [6, 6.07) is 13.3. The van der Waals surface area contributed by atoms with Crippen molar-refractivity contribution in [3.05, 3.63) is 105 Å². The maximum atomic E-state index is 15.1. The molecule has 0 aromatic heterocycles. The fourth-order valence-corrected chi connectivity index (χ4v) is 9.79. The highest BCUT2D eigenvalue weighted by Crippen LogP contribution is 2.43. The van der Waals surface area contributed by atoms with Crippen molar-refractivity contribution in [3.63, 3.8) is 0 Å². The summed E-state index contributed by atoms with van der Waals surface area (Å²) < 4.78 is 94.6. The average molecular weight is 831 g/mol. The fraction of sp³-hybridized carbons (Fsp3) is 0.455. The predicted octanol–water partition coefficient (Wildman–Crippen LogP) is 11.5. The predicted molar refractivity (Wildman–Crippen MR) is 217 cm³/mol. The summed E-state index contributed by atoms with van der Waals surface area (Å²) >= 11 is 5.57. The van der Waals surface area contributed by atoms with Gasteiger partial charge in [-0.15, -0.1) is 0 Å². The van der Waals surface area contributed by atoms with E-state index >= 15 is 17.6 Å². The minimum Gasteiger partial charge on any atom is -0.494 e. The van der Waals surface area contributed by atoms with Crippen molar-refractivity contribution in [2.75, 3.05) is 52.0 Å². The normalized spacial score (nSPS) is 15.5. The first-order valence-corrected chi connectivity index (χ1v) is 22.7. The minimum absolute atomic E-state index is 0.0798. The van der Waals surface area contributed by atoms with Crippen molar-refractivity contribution >= 4 is 18.1 Å². The Balaban J connectivity index is 0.938. The van der Waals surface area contributed by atoms with Crippen LogP contribution in [-0.4, -0.2) is 56.9 Å². The zero-order valence-corrected chi connectivity index (χ0v) is 34.6. The van der Waals surface area contributed by atoms with Crippen molar-refractivity contribution < 1.29 is 50.9 Å². The average Bonchev–Trinajstić information content (AvgIpc) is 3.19. The number of hydrogen-bond donors (Lipinski definition) is 1.